The zero-order chi connectivity index (χ0) is 14.2. The van der Waals surface area contributed by atoms with Crippen molar-refractivity contribution in [3.8, 4) is 0 Å². The smallest absolute Gasteiger partial charge is 0.0163 e. The number of allylic oxidation sites excluding steroid dienone is 10. The molecular formula is C18H28. The van der Waals surface area contributed by atoms with E-state index in [4.69, 9.17) is 0 Å². The Morgan fingerprint density at radius 2 is 0.778 bits per heavy atom. The minimum atomic E-state index is 1.14. The van der Waals surface area contributed by atoms with Crippen LogP contribution in [-0.4, -0.2) is 0 Å². The van der Waals surface area contributed by atoms with Gasteiger partial charge in [-0.15, -0.1) is 13.2 Å². The molecule has 0 heteroatoms. The maximum absolute atomic E-state index is 3.56. The molecule has 0 N–H and O–H groups in total. The van der Waals surface area contributed by atoms with Gasteiger partial charge < -0.3 is 0 Å². The first kappa shape index (κ1) is 18.8. The first-order valence-corrected chi connectivity index (χ1v) is 6.34. The van der Waals surface area contributed by atoms with E-state index in [0.29, 0.717) is 0 Å². The molecule has 0 aliphatic heterocycles. The van der Waals surface area contributed by atoms with E-state index >= 15 is 0 Å². The van der Waals surface area contributed by atoms with Crippen LogP contribution in [0.3, 0.4) is 0 Å². The second-order valence-electron chi connectivity index (χ2n) is 4.60. The molecule has 0 nitrogen and oxygen atoms in total. The van der Waals surface area contributed by atoms with Crippen LogP contribution in [0.15, 0.2) is 72.9 Å². The van der Waals surface area contributed by atoms with Gasteiger partial charge >= 0.3 is 0 Å². The standard InChI is InChI=1S/2C5H6.2C4H8/c2*1-2-4-5-3-1;2*1-4(2)3/h2*1-4H,5H2;2*1H2,2-3H3. The van der Waals surface area contributed by atoms with E-state index in [1.54, 1.807) is 0 Å². The fourth-order valence-corrected chi connectivity index (χ4v) is 0.786. The Morgan fingerprint density at radius 1 is 0.611 bits per heavy atom. The van der Waals surface area contributed by atoms with Crippen LogP contribution in [0.4, 0.5) is 0 Å². The van der Waals surface area contributed by atoms with Crippen LogP contribution < -0.4 is 0 Å². The first-order valence-electron chi connectivity index (χ1n) is 6.34. The van der Waals surface area contributed by atoms with Crippen LogP contribution in [0.1, 0.15) is 40.5 Å². The Kier molecular flexibility index (Phi) is 16.1. The van der Waals surface area contributed by atoms with Gasteiger partial charge in [-0.3, -0.25) is 0 Å². The molecule has 2 aliphatic rings. The highest BCUT2D eigenvalue weighted by Crippen LogP contribution is 1.93. The van der Waals surface area contributed by atoms with Gasteiger partial charge in [0.25, 0.3) is 0 Å². The van der Waals surface area contributed by atoms with Gasteiger partial charge in [-0.1, -0.05) is 59.8 Å². The third-order valence-corrected chi connectivity index (χ3v) is 1.31. The van der Waals surface area contributed by atoms with Gasteiger partial charge in [0.05, 0.1) is 0 Å². The Balaban J connectivity index is 0. The Labute approximate surface area is 114 Å². The molecular weight excluding hydrogens is 216 g/mol. The average Bonchev–Trinajstić information content (AvgIpc) is 2.96. The van der Waals surface area contributed by atoms with E-state index in [-0.39, 0.29) is 0 Å². The molecule has 100 valence electrons. The van der Waals surface area contributed by atoms with E-state index in [1.165, 1.54) is 11.1 Å². The van der Waals surface area contributed by atoms with E-state index in [9.17, 15) is 0 Å². The third-order valence-electron chi connectivity index (χ3n) is 1.31. The van der Waals surface area contributed by atoms with E-state index in [2.05, 4.69) is 61.8 Å². The second kappa shape index (κ2) is 15.4. The molecule has 2 aliphatic carbocycles. The summed E-state index contributed by atoms with van der Waals surface area (Å²) in [5, 5.41) is 0. The number of hydrogen-bond acceptors (Lipinski definition) is 0. The van der Waals surface area contributed by atoms with Crippen LogP contribution in [0, 0.1) is 0 Å². The third kappa shape index (κ3) is 36.6. The van der Waals surface area contributed by atoms with Crippen molar-refractivity contribution in [3.05, 3.63) is 72.9 Å². The zero-order valence-corrected chi connectivity index (χ0v) is 12.4. The van der Waals surface area contributed by atoms with Crippen LogP contribution in [0.25, 0.3) is 0 Å². The summed E-state index contributed by atoms with van der Waals surface area (Å²) in [6, 6.07) is 0. The highest BCUT2D eigenvalue weighted by atomic mass is 13.8. The van der Waals surface area contributed by atoms with E-state index < -0.39 is 0 Å². The summed E-state index contributed by atoms with van der Waals surface area (Å²) >= 11 is 0. The molecule has 0 aromatic heterocycles. The minimum absolute atomic E-state index is 1.14. The zero-order valence-electron chi connectivity index (χ0n) is 12.4. The molecule has 0 heterocycles. The highest BCUT2D eigenvalue weighted by molar-refractivity contribution is 5.12. The van der Waals surface area contributed by atoms with Gasteiger partial charge in [0, 0.05) is 0 Å². The molecule has 0 aromatic rings. The summed E-state index contributed by atoms with van der Waals surface area (Å²) in [7, 11) is 0. The summed E-state index contributed by atoms with van der Waals surface area (Å²) in [4.78, 5) is 0. The highest BCUT2D eigenvalue weighted by Gasteiger charge is 1.72. The average molecular weight is 244 g/mol. The largest absolute Gasteiger partial charge is 0.100 e. The van der Waals surface area contributed by atoms with Crippen molar-refractivity contribution in [2.75, 3.05) is 0 Å². The topological polar surface area (TPSA) is 0 Å². The van der Waals surface area contributed by atoms with Gasteiger partial charge in [0.2, 0.25) is 0 Å². The summed E-state index contributed by atoms with van der Waals surface area (Å²) in [6.45, 7) is 15.0. The summed E-state index contributed by atoms with van der Waals surface area (Å²) < 4.78 is 0. The van der Waals surface area contributed by atoms with Crippen LogP contribution in [-0.2, 0) is 0 Å². The molecule has 0 saturated heterocycles. The van der Waals surface area contributed by atoms with Gasteiger partial charge in [-0.25, -0.2) is 0 Å². The van der Waals surface area contributed by atoms with Crippen molar-refractivity contribution in [2.45, 2.75) is 40.5 Å². The number of rotatable bonds is 0. The molecule has 0 bridgehead atoms. The van der Waals surface area contributed by atoms with Crippen LogP contribution in [0.2, 0.25) is 0 Å². The molecule has 2 rings (SSSR count). The summed E-state index contributed by atoms with van der Waals surface area (Å²) in [5.41, 5.74) is 2.33. The monoisotopic (exact) mass is 244 g/mol. The van der Waals surface area contributed by atoms with Gasteiger partial charge in [0.1, 0.15) is 0 Å². The van der Waals surface area contributed by atoms with Gasteiger partial charge in [0.15, 0.2) is 0 Å². The number of hydrogen-bond donors (Lipinski definition) is 0. The fourth-order valence-electron chi connectivity index (χ4n) is 0.786. The van der Waals surface area contributed by atoms with Crippen LogP contribution in [0.5, 0.6) is 0 Å². The molecule has 0 atom stereocenters. The predicted molar refractivity (Wildman–Crippen MR) is 86.8 cm³/mol. The van der Waals surface area contributed by atoms with Crippen molar-refractivity contribution in [1.82, 2.24) is 0 Å². The maximum atomic E-state index is 3.56. The fraction of sp³-hybridized carbons (Fsp3) is 0.333. The van der Waals surface area contributed by atoms with E-state index in [0.717, 1.165) is 12.8 Å². The predicted octanol–water partition coefficient (Wildman–Crippen LogP) is 6.17. The SMILES string of the molecule is C1=CCC=C1.C1=CCC=C1.C=C(C)C.C=C(C)C. The minimum Gasteiger partial charge on any atom is -0.100 e. The molecule has 0 unspecified atom stereocenters. The van der Waals surface area contributed by atoms with Crippen molar-refractivity contribution in [1.29, 1.82) is 0 Å². The lowest BCUT2D eigenvalue weighted by Crippen LogP contribution is -1.43. The van der Waals surface area contributed by atoms with Crippen molar-refractivity contribution >= 4 is 0 Å². The molecule has 0 aromatic carbocycles. The second-order valence-corrected chi connectivity index (χ2v) is 4.60. The molecule has 0 amide bonds. The molecule has 18 heavy (non-hydrogen) atoms. The molecule has 0 fully saturated rings. The van der Waals surface area contributed by atoms with Crippen LogP contribution >= 0.6 is 0 Å². The normalized spacial score (nSPS) is 12.7. The molecule has 0 saturated carbocycles. The lowest BCUT2D eigenvalue weighted by atomic mass is 10.4. The van der Waals surface area contributed by atoms with Gasteiger partial charge in [-0.05, 0) is 40.5 Å². The maximum Gasteiger partial charge on any atom is -0.0163 e. The lowest BCUT2D eigenvalue weighted by molar-refractivity contribution is 1.42. The Morgan fingerprint density at radius 3 is 0.833 bits per heavy atom. The Bertz CT molecular complexity index is 260. The van der Waals surface area contributed by atoms with Gasteiger partial charge in [-0.2, -0.15) is 0 Å². The molecule has 0 radical (unpaired) electrons. The summed E-state index contributed by atoms with van der Waals surface area (Å²) in [6.07, 6.45) is 19.0. The Hall–Kier alpha value is -1.56. The van der Waals surface area contributed by atoms with Crippen molar-refractivity contribution < 1.29 is 0 Å². The molecule has 0 spiro atoms. The van der Waals surface area contributed by atoms with E-state index in [1.807, 2.05) is 27.7 Å². The summed E-state index contributed by atoms with van der Waals surface area (Å²) in [5.74, 6) is 0. The quantitative estimate of drug-likeness (QED) is 0.447. The first-order chi connectivity index (χ1) is 8.46. The van der Waals surface area contributed by atoms with Crippen molar-refractivity contribution in [2.24, 2.45) is 0 Å². The lowest BCUT2D eigenvalue weighted by Gasteiger charge is -1.65. The van der Waals surface area contributed by atoms with Crippen molar-refractivity contribution in [3.63, 3.8) is 0 Å².